The summed E-state index contributed by atoms with van der Waals surface area (Å²) in [5, 5.41) is 13.3. The van der Waals surface area contributed by atoms with Crippen molar-refractivity contribution in [2.45, 2.75) is 31.8 Å². The maximum Gasteiger partial charge on any atom is 0.140 e. The minimum atomic E-state index is 0.0642. The summed E-state index contributed by atoms with van der Waals surface area (Å²) in [5.74, 6) is 1.09. The summed E-state index contributed by atoms with van der Waals surface area (Å²) >= 11 is 1.31. The Hall–Kier alpha value is -2.32. The van der Waals surface area contributed by atoms with Crippen LogP contribution in [0.4, 0.5) is 5.82 Å². The zero-order valence-electron chi connectivity index (χ0n) is 13.5. The number of anilines is 1. The lowest BCUT2D eigenvalue weighted by atomic mass is 10.1. The lowest BCUT2D eigenvalue weighted by Gasteiger charge is -2.16. The van der Waals surface area contributed by atoms with Crippen LogP contribution >= 0.6 is 11.8 Å². The molecule has 4 nitrogen and oxygen atoms in total. The Morgan fingerprint density at radius 1 is 1.39 bits per heavy atom. The van der Waals surface area contributed by atoms with Gasteiger partial charge in [-0.05, 0) is 38.0 Å². The molecule has 1 N–H and O–H groups in total. The Morgan fingerprint density at radius 3 is 2.70 bits per heavy atom. The van der Waals surface area contributed by atoms with E-state index in [4.69, 9.17) is 0 Å². The molecule has 0 aliphatic heterocycles. The minimum Gasteiger partial charge on any atom is -0.364 e. The van der Waals surface area contributed by atoms with Crippen LogP contribution in [-0.2, 0) is 4.79 Å². The summed E-state index contributed by atoms with van der Waals surface area (Å²) in [6.45, 7) is 5.48. The van der Waals surface area contributed by atoms with Gasteiger partial charge in [-0.25, -0.2) is 4.98 Å². The van der Waals surface area contributed by atoms with Gasteiger partial charge in [-0.2, -0.15) is 5.26 Å². The molecule has 0 aliphatic carbocycles. The summed E-state index contributed by atoms with van der Waals surface area (Å²) in [6.07, 6.45) is 0. The lowest BCUT2D eigenvalue weighted by molar-refractivity contribution is -0.114. The van der Waals surface area contributed by atoms with Crippen LogP contribution in [0.15, 0.2) is 41.4 Å². The highest BCUT2D eigenvalue weighted by Gasteiger charge is 2.13. The molecule has 0 aliphatic rings. The number of benzene rings is 1. The monoisotopic (exact) mass is 325 g/mol. The van der Waals surface area contributed by atoms with E-state index in [1.807, 2.05) is 31.2 Å². The van der Waals surface area contributed by atoms with Crippen molar-refractivity contribution in [3.8, 4) is 6.07 Å². The first-order valence-corrected chi connectivity index (χ1v) is 8.35. The van der Waals surface area contributed by atoms with Gasteiger partial charge in [-0.1, -0.05) is 42.1 Å². The van der Waals surface area contributed by atoms with E-state index in [-0.39, 0.29) is 11.8 Å². The Morgan fingerprint density at radius 2 is 2.09 bits per heavy atom. The van der Waals surface area contributed by atoms with Crippen molar-refractivity contribution < 1.29 is 4.79 Å². The molecule has 2 rings (SSSR count). The van der Waals surface area contributed by atoms with Crippen LogP contribution in [0.1, 0.15) is 36.6 Å². The zero-order chi connectivity index (χ0) is 16.8. The highest BCUT2D eigenvalue weighted by molar-refractivity contribution is 8.00. The van der Waals surface area contributed by atoms with E-state index in [0.717, 1.165) is 11.1 Å². The number of aromatic nitrogens is 1. The number of thioether (sulfide) groups is 1. The summed E-state index contributed by atoms with van der Waals surface area (Å²) in [4.78, 5) is 15.7. The lowest BCUT2D eigenvalue weighted by Crippen LogP contribution is -2.09. The Bertz CT molecular complexity index is 738. The number of rotatable bonds is 6. The number of carbonyl (C=O) groups is 1. The molecule has 0 spiro atoms. The maximum absolute atomic E-state index is 11.2. The van der Waals surface area contributed by atoms with Crippen molar-refractivity contribution in [2.75, 3.05) is 11.1 Å². The first-order valence-electron chi connectivity index (χ1n) is 7.36. The van der Waals surface area contributed by atoms with Gasteiger partial charge in [0.05, 0.1) is 11.3 Å². The van der Waals surface area contributed by atoms with Crippen LogP contribution in [0.25, 0.3) is 0 Å². The molecule has 5 heteroatoms. The molecule has 23 heavy (non-hydrogen) atoms. The van der Waals surface area contributed by atoms with Crippen molar-refractivity contribution in [1.82, 2.24) is 4.98 Å². The molecular formula is C18H19N3OS. The normalized spacial score (nSPS) is 11.6. The van der Waals surface area contributed by atoms with E-state index in [1.165, 1.54) is 18.7 Å². The van der Waals surface area contributed by atoms with Crippen LogP contribution in [-0.4, -0.2) is 16.5 Å². The van der Waals surface area contributed by atoms with Crippen molar-refractivity contribution in [1.29, 1.82) is 5.26 Å². The molecule has 0 amide bonds. The predicted octanol–water partition coefficient (Wildman–Crippen LogP) is 4.12. The van der Waals surface area contributed by atoms with Gasteiger partial charge in [-0.3, -0.25) is 4.79 Å². The smallest absolute Gasteiger partial charge is 0.140 e. The molecule has 0 saturated heterocycles. The van der Waals surface area contributed by atoms with E-state index >= 15 is 0 Å². The van der Waals surface area contributed by atoms with Crippen LogP contribution in [0.5, 0.6) is 0 Å². The van der Waals surface area contributed by atoms with E-state index in [9.17, 15) is 10.1 Å². The maximum atomic E-state index is 11.2. The molecule has 1 unspecified atom stereocenters. The van der Waals surface area contributed by atoms with Crippen LogP contribution in [0, 0.1) is 18.3 Å². The van der Waals surface area contributed by atoms with Crippen LogP contribution in [0.3, 0.4) is 0 Å². The molecular weight excluding hydrogens is 306 g/mol. The van der Waals surface area contributed by atoms with E-state index in [1.54, 1.807) is 0 Å². The molecule has 1 aromatic carbocycles. The molecule has 0 saturated carbocycles. The zero-order valence-corrected chi connectivity index (χ0v) is 14.3. The first kappa shape index (κ1) is 17.0. The third kappa shape index (κ3) is 4.57. The minimum absolute atomic E-state index is 0.0642. The second-order valence-electron chi connectivity index (χ2n) is 5.38. The average molecular weight is 325 g/mol. The predicted molar refractivity (Wildman–Crippen MR) is 93.6 cm³/mol. The third-order valence-electron chi connectivity index (χ3n) is 3.37. The number of nitriles is 1. The fraction of sp³-hybridized carbons (Fsp3) is 0.278. The van der Waals surface area contributed by atoms with Crippen molar-refractivity contribution in [3.63, 3.8) is 0 Å². The Kier molecular flexibility index (Phi) is 5.78. The highest BCUT2D eigenvalue weighted by Crippen LogP contribution is 2.27. The van der Waals surface area contributed by atoms with E-state index in [0.29, 0.717) is 22.2 Å². The van der Waals surface area contributed by atoms with Crippen molar-refractivity contribution >= 4 is 23.4 Å². The molecule has 1 aromatic heterocycles. The van der Waals surface area contributed by atoms with E-state index < -0.39 is 0 Å². The van der Waals surface area contributed by atoms with Gasteiger partial charge in [0.1, 0.15) is 22.7 Å². The number of ketones is 1. The Balaban J connectivity index is 2.25. The number of pyridine rings is 1. The van der Waals surface area contributed by atoms with Crippen LogP contribution in [0.2, 0.25) is 0 Å². The molecule has 0 bridgehead atoms. The van der Waals surface area contributed by atoms with Crippen molar-refractivity contribution in [2.24, 2.45) is 0 Å². The average Bonchev–Trinajstić information content (AvgIpc) is 2.53. The van der Waals surface area contributed by atoms with Gasteiger partial charge in [0.15, 0.2) is 0 Å². The number of Topliss-reactive ketones (excluding diaryl/α,β-unsaturated/α-hetero) is 1. The standard InChI is InChI=1S/C18H19N3OS/c1-12-9-17(20-14(3)15-7-5-4-6-8-15)21-18(16(12)10-19)23-11-13(2)22/h4-9,14H,11H2,1-3H3,(H,20,21). The molecule has 2 aromatic rings. The second-order valence-corrected chi connectivity index (χ2v) is 6.35. The quantitative estimate of drug-likeness (QED) is 0.809. The number of aryl methyl sites for hydroxylation is 1. The van der Waals surface area contributed by atoms with Gasteiger partial charge < -0.3 is 5.32 Å². The highest BCUT2D eigenvalue weighted by atomic mass is 32.2. The van der Waals surface area contributed by atoms with E-state index in [2.05, 4.69) is 35.4 Å². The summed E-state index contributed by atoms with van der Waals surface area (Å²) in [5.41, 5.74) is 2.56. The molecule has 118 valence electrons. The topological polar surface area (TPSA) is 65.8 Å². The fourth-order valence-corrected chi connectivity index (χ4v) is 3.03. The number of hydrogen-bond acceptors (Lipinski definition) is 5. The van der Waals surface area contributed by atoms with Gasteiger partial charge in [0, 0.05) is 6.04 Å². The fourth-order valence-electron chi connectivity index (χ4n) is 2.17. The van der Waals surface area contributed by atoms with Crippen molar-refractivity contribution in [3.05, 3.63) is 53.1 Å². The number of nitrogens with one attached hydrogen (secondary N) is 1. The second kappa shape index (κ2) is 7.80. The van der Waals surface area contributed by atoms with Gasteiger partial charge in [0.2, 0.25) is 0 Å². The van der Waals surface area contributed by atoms with Gasteiger partial charge >= 0.3 is 0 Å². The van der Waals surface area contributed by atoms with Crippen LogP contribution < -0.4 is 5.32 Å². The molecule has 0 radical (unpaired) electrons. The number of nitrogens with zero attached hydrogens (tertiary/aromatic N) is 2. The molecule has 0 fully saturated rings. The summed E-state index contributed by atoms with van der Waals surface area (Å²) < 4.78 is 0. The molecule has 1 atom stereocenters. The molecule has 1 heterocycles. The summed E-state index contributed by atoms with van der Waals surface area (Å²) in [6, 6.07) is 14.2. The Labute approximate surface area is 140 Å². The number of hydrogen-bond donors (Lipinski definition) is 1. The summed E-state index contributed by atoms with van der Waals surface area (Å²) in [7, 11) is 0. The largest absolute Gasteiger partial charge is 0.364 e. The van der Waals surface area contributed by atoms with Gasteiger partial charge in [0.25, 0.3) is 0 Å². The third-order valence-corrected chi connectivity index (χ3v) is 4.49. The number of carbonyl (C=O) groups excluding carboxylic acids is 1. The first-order chi connectivity index (χ1) is 11.0. The SMILES string of the molecule is CC(=O)CSc1nc(NC(C)c2ccccc2)cc(C)c1C#N. The van der Waals surface area contributed by atoms with Gasteiger partial charge in [-0.15, -0.1) is 0 Å².